The first-order chi connectivity index (χ1) is 5.61. The van der Waals surface area contributed by atoms with Crippen molar-refractivity contribution in [2.75, 3.05) is 0 Å². The molecule has 12 heavy (non-hydrogen) atoms. The zero-order valence-corrected chi connectivity index (χ0v) is 8.42. The summed E-state index contributed by atoms with van der Waals surface area (Å²) in [5.74, 6) is 2.59. The van der Waals surface area contributed by atoms with Crippen LogP contribution >= 0.6 is 0 Å². The predicted molar refractivity (Wildman–Crippen MR) is 53.4 cm³/mol. The highest BCUT2D eigenvalue weighted by Crippen LogP contribution is 2.16. The van der Waals surface area contributed by atoms with Gasteiger partial charge in [-0.05, 0) is 26.0 Å². The Kier molecular flexibility index (Phi) is 5.18. The minimum absolute atomic E-state index is 0.513. The molecule has 1 nitrogen and oxygen atoms in total. The van der Waals surface area contributed by atoms with Crippen LogP contribution in [0.3, 0.4) is 0 Å². The van der Waals surface area contributed by atoms with E-state index in [9.17, 15) is 0 Å². The topological polar surface area (TPSA) is 13.1 Å². The quantitative estimate of drug-likeness (QED) is 0.576. The zero-order chi connectivity index (χ0) is 9.56. The molecule has 1 heterocycles. The van der Waals surface area contributed by atoms with Crippen molar-refractivity contribution in [3.8, 4) is 0 Å². The summed E-state index contributed by atoms with van der Waals surface area (Å²) in [7, 11) is 0. The summed E-state index contributed by atoms with van der Waals surface area (Å²) in [5, 5.41) is 0. The second-order valence-electron chi connectivity index (χ2n) is 3.01. The molecule has 0 radical (unpaired) electrons. The van der Waals surface area contributed by atoms with Crippen LogP contribution < -0.4 is 0 Å². The fraction of sp³-hybridized carbons (Fsp3) is 0.455. The molecule has 0 saturated carbocycles. The third kappa shape index (κ3) is 4.02. The standard InChI is InChI=1S/C8H12O.C3H6/c1-6(2)8-5-4-7(3)9-8;1-3-2/h4-6H,1-3H3;3H,1H2,2H3. The number of aryl methyl sites for hydroxylation is 1. The molecule has 0 aliphatic heterocycles. The fourth-order valence-corrected chi connectivity index (χ4v) is 0.764. The molecule has 0 N–H and O–H groups in total. The average Bonchev–Trinajstić information content (AvgIpc) is 2.37. The van der Waals surface area contributed by atoms with E-state index >= 15 is 0 Å². The maximum atomic E-state index is 5.34. The molecule has 1 heteroatoms. The maximum absolute atomic E-state index is 5.34. The Labute approximate surface area is 75.1 Å². The first kappa shape index (κ1) is 11.0. The van der Waals surface area contributed by atoms with Crippen molar-refractivity contribution >= 4 is 0 Å². The molecule has 1 rings (SSSR count). The first-order valence-electron chi connectivity index (χ1n) is 4.25. The third-order valence-electron chi connectivity index (χ3n) is 1.33. The molecular weight excluding hydrogens is 148 g/mol. The SMILES string of the molecule is C=CC.Cc1ccc(C(C)C)o1. The van der Waals surface area contributed by atoms with E-state index in [1.807, 2.05) is 26.0 Å². The molecule has 0 spiro atoms. The highest BCUT2D eigenvalue weighted by atomic mass is 16.3. The molecule has 0 fully saturated rings. The number of hydrogen-bond donors (Lipinski definition) is 0. The molecule has 0 aromatic carbocycles. The normalized spacial score (nSPS) is 9.08. The van der Waals surface area contributed by atoms with Gasteiger partial charge in [-0.1, -0.05) is 19.9 Å². The van der Waals surface area contributed by atoms with Gasteiger partial charge in [-0.2, -0.15) is 0 Å². The van der Waals surface area contributed by atoms with Crippen LogP contribution in [-0.2, 0) is 0 Å². The van der Waals surface area contributed by atoms with Gasteiger partial charge in [0.05, 0.1) is 0 Å². The van der Waals surface area contributed by atoms with Crippen LogP contribution in [0.2, 0.25) is 0 Å². The molecule has 0 amide bonds. The van der Waals surface area contributed by atoms with Gasteiger partial charge >= 0.3 is 0 Å². The lowest BCUT2D eigenvalue weighted by Gasteiger charge is -1.96. The fourth-order valence-electron chi connectivity index (χ4n) is 0.764. The highest BCUT2D eigenvalue weighted by molar-refractivity contribution is 5.08. The van der Waals surface area contributed by atoms with Crippen molar-refractivity contribution in [3.05, 3.63) is 36.3 Å². The maximum Gasteiger partial charge on any atom is 0.106 e. The van der Waals surface area contributed by atoms with E-state index < -0.39 is 0 Å². The summed E-state index contributed by atoms with van der Waals surface area (Å²) in [6.45, 7) is 11.5. The summed E-state index contributed by atoms with van der Waals surface area (Å²) < 4.78 is 5.34. The molecular formula is C11H18O. The molecule has 1 aromatic heterocycles. The van der Waals surface area contributed by atoms with Gasteiger partial charge in [-0.3, -0.25) is 0 Å². The Morgan fingerprint density at radius 3 is 2.08 bits per heavy atom. The number of hydrogen-bond acceptors (Lipinski definition) is 1. The van der Waals surface area contributed by atoms with E-state index in [0.29, 0.717) is 5.92 Å². The largest absolute Gasteiger partial charge is 0.466 e. The van der Waals surface area contributed by atoms with E-state index in [2.05, 4.69) is 20.4 Å². The Morgan fingerprint density at radius 2 is 1.92 bits per heavy atom. The summed E-state index contributed by atoms with van der Waals surface area (Å²) in [5.41, 5.74) is 0. The van der Waals surface area contributed by atoms with Crippen molar-refractivity contribution in [1.82, 2.24) is 0 Å². The Bertz CT molecular complexity index is 221. The molecule has 0 atom stereocenters. The van der Waals surface area contributed by atoms with Gasteiger partial charge < -0.3 is 4.42 Å². The van der Waals surface area contributed by atoms with E-state index in [1.54, 1.807) is 6.08 Å². The molecule has 0 bridgehead atoms. The van der Waals surface area contributed by atoms with Crippen LogP contribution in [0.5, 0.6) is 0 Å². The minimum atomic E-state index is 0.513. The van der Waals surface area contributed by atoms with Crippen molar-refractivity contribution in [3.63, 3.8) is 0 Å². The van der Waals surface area contributed by atoms with Crippen LogP contribution in [0.15, 0.2) is 29.2 Å². The van der Waals surface area contributed by atoms with E-state index in [0.717, 1.165) is 11.5 Å². The van der Waals surface area contributed by atoms with Gasteiger partial charge in [0.2, 0.25) is 0 Å². The number of furan rings is 1. The average molecular weight is 166 g/mol. The smallest absolute Gasteiger partial charge is 0.106 e. The Balaban J connectivity index is 0.000000354. The van der Waals surface area contributed by atoms with Crippen LogP contribution in [0, 0.1) is 6.92 Å². The molecule has 0 aliphatic carbocycles. The van der Waals surface area contributed by atoms with Gasteiger partial charge in [0.25, 0.3) is 0 Å². The molecule has 0 unspecified atom stereocenters. The lowest BCUT2D eigenvalue weighted by atomic mass is 10.2. The van der Waals surface area contributed by atoms with Gasteiger partial charge in [0.15, 0.2) is 0 Å². The summed E-state index contributed by atoms with van der Waals surface area (Å²) in [6.07, 6.45) is 1.75. The van der Waals surface area contributed by atoms with Crippen molar-refractivity contribution < 1.29 is 4.42 Å². The molecule has 0 saturated heterocycles. The van der Waals surface area contributed by atoms with Crippen molar-refractivity contribution in [2.45, 2.75) is 33.6 Å². The van der Waals surface area contributed by atoms with Crippen LogP contribution in [0.4, 0.5) is 0 Å². The Hall–Kier alpha value is -0.980. The van der Waals surface area contributed by atoms with E-state index in [4.69, 9.17) is 4.42 Å². The van der Waals surface area contributed by atoms with Gasteiger partial charge in [0.1, 0.15) is 11.5 Å². The second-order valence-corrected chi connectivity index (χ2v) is 3.01. The monoisotopic (exact) mass is 166 g/mol. The lowest BCUT2D eigenvalue weighted by Crippen LogP contribution is -1.79. The van der Waals surface area contributed by atoms with E-state index in [-0.39, 0.29) is 0 Å². The lowest BCUT2D eigenvalue weighted by molar-refractivity contribution is 0.463. The Morgan fingerprint density at radius 1 is 1.42 bits per heavy atom. The first-order valence-corrected chi connectivity index (χ1v) is 4.25. The molecule has 68 valence electrons. The number of allylic oxidation sites excluding steroid dienone is 1. The van der Waals surface area contributed by atoms with Crippen LogP contribution in [0.1, 0.15) is 38.2 Å². The van der Waals surface area contributed by atoms with Gasteiger partial charge in [0, 0.05) is 5.92 Å². The van der Waals surface area contributed by atoms with Gasteiger partial charge in [-0.15, -0.1) is 6.58 Å². The highest BCUT2D eigenvalue weighted by Gasteiger charge is 2.01. The molecule has 1 aromatic rings. The van der Waals surface area contributed by atoms with Crippen LogP contribution in [-0.4, -0.2) is 0 Å². The van der Waals surface area contributed by atoms with E-state index in [1.165, 1.54) is 0 Å². The minimum Gasteiger partial charge on any atom is -0.466 e. The predicted octanol–water partition coefficient (Wildman–Crippen LogP) is 3.90. The third-order valence-corrected chi connectivity index (χ3v) is 1.33. The van der Waals surface area contributed by atoms with Crippen LogP contribution in [0.25, 0.3) is 0 Å². The summed E-state index contributed by atoms with van der Waals surface area (Å²) in [4.78, 5) is 0. The van der Waals surface area contributed by atoms with Crippen molar-refractivity contribution in [2.24, 2.45) is 0 Å². The summed E-state index contributed by atoms with van der Waals surface area (Å²) in [6, 6.07) is 4.02. The molecule has 0 aliphatic rings. The zero-order valence-electron chi connectivity index (χ0n) is 8.42. The van der Waals surface area contributed by atoms with Crippen molar-refractivity contribution in [1.29, 1.82) is 0 Å². The van der Waals surface area contributed by atoms with Gasteiger partial charge in [-0.25, -0.2) is 0 Å². The second kappa shape index (κ2) is 5.64. The summed E-state index contributed by atoms with van der Waals surface area (Å²) >= 11 is 0. The number of rotatable bonds is 1.